The third kappa shape index (κ3) is 3.95. The molecule has 0 radical (unpaired) electrons. The Morgan fingerprint density at radius 2 is 1.80 bits per heavy atom. The largest absolute Gasteiger partial charge is 0.478 e. The van der Waals surface area contributed by atoms with Crippen molar-refractivity contribution in [2.45, 2.75) is 0 Å². The number of carbonyl (C=O) groups is 2. The molecular weight excluding hydrogens is 196 g/mol. The number of rotatable bonds is 3. The van der Waals surface area contributed by atoms with Crippen LogP contribution in [-0.2, 0) is 9.59 Å². The summed E-state index contributed by atoms with van der Waals surface area (Å²) in [5.74, 6) is -1.66. The summed E-state index contributed by atoms with van der Waals surface area (Å²) >= 11 is 0. The second kappa shape index (κ2) is 4.80. The molecule has 0 saturated carbocycles. The monoisotopic (exact) mass is 206 g/mol. The van der Waals surface area contributed by atoms with Crippen molar-refractivity contribution in [1.29, 1.82) is 0 Å². The van der Waals surface area contributed by atoms with Crippen molar-refractivity contribution >= 4 is 23.3 Å². The summed E-state index contributed by atoms with van der Waals surface area (Å²) in [5, 5.41) is 10.8. The fourth-order valence-electron chi connectivity index (χ4n) is 0.897. The Morgan fingerprint density at radius 3 is 2.33 bits per heavy atom. The molecule has 0 aromatic heterocycles. The Kier molecular flexibility index (Phi) is 3.45. The van der Waals surface area contributed by atoms with Crippen LogP contribution in [0.15, 0.2) is 36.4 Å². The smallest absolute Gasteiger partial charge is 0.328 e. The lowest BCUT2D eigenvalue weighted by molar-refractivity contribution is -0.131. The first-order valence-corrected chi connectivity index (χ1v) is 4.15. The van der Waals surface area contributed by atoms with Crippen molar-refractivity contribution < 1.29 is 14.7 Å². The van der Waals surface area contributed by atoms with E-state index in [1.54, 1.807) is 24.3 Å². The van der Waals surface area contributed by atoms with E-state index in [-0.39, 0.29) is 0 Å². The van der Waals surface area contributed by atoms with E-state index >= 15 is 0 Å². The topological polar surface area (TPSA) is 92.4 Å². The van der Waals surface area contributed by atoms with Gasteiger partial charge in [0, 0.05) is 23.5 Å². The highest BCUT2D eigenvalue weighted by Gasteiger charge is 1.97. The third-order valence-corrected chi connectivity index (χ3v) is 1.56. The first-order chi connectivity index (χ1) is 7.08. The van der Waals surface area contributed by atoms with Crippen LogP contribution >= 0.6 is 0 Å². The Morgan fingerprint density at radius 1 is 1.20 bits per heavy atom. The molecule has 1 amide bonds. The van der Waals surface area contributed by atoms with Crippen LogP contribution in [0.1, 0.15) is 0 Å². The molecule has 0 unspecified atom stereocenters. The third-order valence-electron chi connectivity index (χ3n) is 1.56. The van der Waals surface area contributed by atoms with Crippen LogP contribution in [-0.4, -0.2) is 17.0 Å². The van der Waals surface area contributed by atoms with Gasteiger partial charge >= 0.3 is 5.97 Å². The van der Waals surface area contributed by atoms with Crippen LogP contribution in [0.5, 0.6) is 0 Å². The predicted molar refractivity (Wildman–Crippen MR) is 56.3 cm³/mol. The molecule has 0 heterocycles. The van der Waals surface area contributed by atoms with E-state index in [2.05, 4.69) is 5.32 Å². The zero-order valence-electron chi connectivity index (χ0n) is 7.81. The molecule has 0 spiro atoms. The Labute approximate surface area is 86.2 Å². The zero-order valence-corrected chi connectivity index (χ0v) is 7.81. The maximum absolute atomic E-state index is 11.1. The van der Waals surface area contributed by atoms with Crippen molar-refractivity contribution in [3.8, 4) is 0 Å². The Bertz CT molecular complexity index is 396. The number of nitrogens with two attached hydrogens (primary N) is 1. The van der Waals surface area contributed by atoms with Crippen LogP contribution in [0, 0.1) is 0 Å². The summed E-state index contributed by atoms with van der Waals surface area (Å²) in [6, 6.07) is 6.52. The fraction of sp³-hybridized carbons (Fsp3) is 0. The number of carbonyl (C=O) groups excluding carboxylic acids is 1. The lowest BCUT2D eigenvalue weighted by Gasteiger charge is -2.01. The second-order valence-electron chi connectivity index (χ2n) is 2.78. The molecule has 0 saturated heterocycles. The number of hydrogen-bond acceptors (Lipinski definition) is 3. The van der Waals surface area contributed by atoms with E-state index < -0.39 is 11.9 Å². The van der Waals surface area contributed by atoms with Crippen molar-refractivity contribution in [3.05, 3.63) is 36.4 Å². The Balaban J connectivity index is 2.59. The van der Waals surface area contributed by atoms with Crippen LogP contribution in [0.25, 0.3) is 0 Å². The summed E-state index contributed by atoms with van der Waals surface area (Å²) in [5.41, 5.74) is 6.60. The molecule has 5 heteroatoms. The standard InChI is InChI=1S/C10H10N2O3/c11-7-1-3-8(4-2-7)12-9(13)5-6-10(14)15/h1-6H,11H2,(H,12,13)(H,14,15)/b6-5+. The lowest BCUT2D eigenvalue weighted by Crippen LogP contribution is -2.08. The first-order valence-electron chi connectivity index (χ1n) is 4.15. The molecule has 15 heavy (non-hydrogen) atoms. The quantitative estimate of drug-likeness (QED) is 0.505. The summed E-state index contributed by atoms with van der Waals surface area (Å²) in [7, 11) is 0. The van der Waals surface area contributed by atoms with Gasteiger partial charge in [-0.3, -0.25) is 4.79 Å². The van der Waals surface area contributed by atoms with E-state index in [4.69, 9.17) is 10.8 Å². The van der Waals surface area contributed by atoms with Crippen LogP contribution in [0.3, 0.4) is 0 Å². The molecule has 0 fully saturated rings. The van der Waals surface area contributed by atoms with Gasteiger partial charge in [-0.25, -0.2) is 4.79 Å². The van der Waals surface area contributed by atoms with Gasteiger partial charge in [0.1, 0.15) is 0 Å². The molecule has 1 aromatic carbocycles. The molecule has 5 nitrogen and oxygen atoms in total. The number of carboxylic acid groups (broad SMARTS) is 1. The minimum atomic E-state index is -1.16. The molecule has 0 aliphatic carbocycles. The van der Waals surface area contributed by atoms with Crippen LogP contribution < -0.4 is 11.1 Å². The molecule has 1 rings (SSSR count). The average Bonchev–Trinajstić information content (AvgIpc) is 2.19. The number of hydrogen-bond donors (Lipinski definition) is 3. The predicted octanol–water partition coefficient (Wildman–Crippen LogP) is 0.848. The van der Waals surface area contributed by atoms with Gasteiger partial charge in [0.15, 0.2) is 0 Å². The van der Waals surface area contributed by atoms with Gasteiger partial charge in [0.2, 0.25) is 5.91 Å². The van der Waals surface area contributed by atoms with Crippen molar-refractivity contribution in [1.82, 2.24) is 0 Å². The maximum Gasteiger partial charge on any atom is 0.328 e. The van der Waals surface area contributed by atoms with E-state index in [0.29, 0.717) is 11.4 Å². The summed E-state index contributed by atoms with van der Waals surface area (Å²) in [6.45, 7) is 0. The van der Waals surface area contributed by atoms with Gasteiger partial charge in [0.25, 0.3) is 0 Å². The minimum Gasteiger partial charge on any atom is -0.478 e. The van der Waals surface area contributed by atoms with E-state index in [1.807, 2.05) is 0 Å². The number of amides is 1. The summed E-state index contributed by atoms with van der Waals surface area (Å²) in [4.78, 5) is 21.2. The number of nitrogen functional groups attached to an aromatic ring is 1. The van der Waals surface area contributed by atoms with E-state index in [0.717, 1.165) is 12.2 Å². The molecule has 0 atom stereocenters. The fourth-order valence-corrected chi connectivity index (χ4v) is 0.897. The molecule has 0 aliphatic heterocycles. The van der Waals surface area contributed by atoms with Gasteiger partial charge in [-0.15, -0.1) is 0 Å². The normalized spacial score (nSPS) is 10.1. The van der Waals surface area contributed by atoms with E-state index in [9.17, 15) is 9.59 Å². The Hall–Kier alpha value is -2.30. The molecule has 1 aromatic rings. The molecule has 0 bridgehead atoms. The van der Waals surface area contributed by atoms with Crippen molar-refractivity contribution in [2.75, 3.05) is 11.1 Å². The average molecular weight is 206 g/mol. The highest BCUT2D eigenvalue weighted by molar-refractivity contribution is 6.02. The van der Waals surface area contributed by atoms with Gasteiger partial charge in [-0.1, -0.05) is 0 Å². The van der Waals surface area contributed by atoms with Crippen molar-refractivity contribution in [2.24, 2.45) is 0 Å². The molecule has 0 aliphatic rings. The number of aliphatic carboxylic acids is 1. The van der Waals surface area contributed by atoms with Gasteiger partial charge in [0.05, 0.1) is 0 Å². The summed E-state index contributed by atoms with van der Waals surface area (Å²) < 4.78 is 0. The first kappa shape index (κ1) is 10.8. The second-order valence-corrected chi connectivity index (χ2v) is 2.78. The number of nitrogens with one attached hydrogen (secondary N) is 1. The van der Waals surface area contributed by atoms with E-state index in [1.165, 1.54) is 0 Å². The number of carboxylic acids is 1. The van der Waals surface area contributed by atoms with Crippen molar-refractivity contribution in [3.63, 3.8) is 0 Å². The zero-order chi connectivity index (χ0) is 11.3. The number of benzene rings is 1. The van der Waals surface area contributed by atoms with Gasteiger partial charge in [-0.2, -0.15) is 0 Å². The molecular formula is C10H10N2O3. The number of anilines is 2. The minimum absolute atomic E-state index is 0.498. The van der Waals surface area contributed by atoms with Crippen LogP contribution in [0.4, 0.5) is 11.4 Å². The highest BCUT2D eigenvalue weighted by atomic mass is 16.4. The lowest BCUT2D eigenvalue weighted by atomic mass is 10.3. The molecule has 78 valence electrons. The summed E-state index contributed by atoms with van der Waals surface area (Å²) in [6.07, 6.45) is 1.71. The molecule has 4 N–H and O–H groups in total. The van der Waals surface area contributed by atoms with Gasteiger partial charge < -0.3 is 16.2 Å². The highest BCUT2D eigenvalue weighted by Crippen LogP contribution is 2.10. The van der Waals surface area contributed by atoms with Crippen LogP contribution in [0.2, 0.25) is 0 Å². The SMILES string of the molecule is Nc1ccc(NC(=O)/C=C/C(=O)O)cc1. The van der Waals surface area contributed by atoms with Gasteiger partial charge in [-0.05, 0) is 24.3 Å². The maximum atomic E-state index is 11.1.